The first-order valence-electron chi connectivity index (χ1n) is 6.93. The fourth-order valence-electron chi connectivity index (χ4n) is 2.21. The minimum absolute atomic E-state index is 0.0891. The molecule has 2 aromatic heterocycles. The molecule has 2 heterocycles. The molecule has 0 aliphatic heterocycles. The van der Waals surface area contributed by atoms with Gasteiger partial charge < -0.3 is 5.73 Å². The topological polar surface area (TPSA) is 56.7 Å². The van der Waals surface area contributed by atoms with Gasteiger partial charge in [-0.2, -0.15) is 5.10 Å². The van der Waals surface area contributed by atoms with Crippen molar-refractivity contribution in [3.63, 3.8) is 0 Å². The highest BCUT2D eigenvalue weighted by Gasteiger charge is 2.23. The van der Waals surface area contributed by atoms with E-state index >= 15 is 0 Å². The summed E-state index contributed by atoms with van der Waals surface area (Å²) < 4.78 is 4.10. The molecule has 3 rings (SSSR count). The van der Waals surface area contributed by atoms with Crippen molar-refractivity contribution in [3.05, 3.63) is 42.2 Å². The van der Waals surface area contributed by atoms with Crippen molar-refractivity contribution in [1.82, 2.24) is 14.8 Å². The van der Waals surface area contributed by atoms with E-state index in [1.807, 2.05) is 36.3 Å². The van der Waals surface area contributed by atoms with Crippen LogP contribution in [0.25, 0.3) is 10.2 Å². The molecular formula is C15H18N4S2. The zero-order valence-corrected chi connectivity index (χ0v) is 13.7. The van der Waals surface area contributed by atoms with Crippen LogP contribution in [0.15, 0.2) is 41.0 Å². The fraction of sp³-hybridized carbons (Fsp3) is 0.333. The Kier molecular flexibility index (Phi) is 4.28. The number of hydrogen-bond acceptors (Lipinski definition) is 5. The third kappa shape index (κ3) is 3.12. The summed E-state index contributed by atoms with van der Waals surface area (Å²) in [5, 5.41) is 4.45. The summed E-state index contributed by atoms with van der Waals surface area (Å²) in [6.07, 6.45) is 4.87. The third-order valence-electron chi connectivity index (χ3n) is 3.42. The number of hydrogen-bond donors (Lipinski definition) is 1. The highest BCUT2D eigenvalue weighted by Crippen LogP contribution is 2.41. The Hall–Kier alpha value is -1.37. The van der Waals surface area contributed by atoms with Gasteiger partial charge in [0.2, 0.25) is 0 Å². The van der Waals surface area contributed by atoms with Gasteiger partial charge in [-0.05, 0) is 18.6 Å². The summed E-state index contributed by atoms with van der Waals surface area (Å²) in [7, 11) is 1.93. The van der Waals surface area contributed by atoms with E-state index in [0.29, 0.717) is 0 Å². The van der Waals surface area contributed by atoms with Crippen LogP contribution >= 0.6 is 23.1 Å². The Morgan fingerprint density at radius 3 is 2.86 bits per heavy atom. The van der Waals surface area contributed by atoms with Crippen LogP contribution in [0.4, 0.5) is 0 Å². The van der Waals surface area contributed by atoms with E-state index in [4.69, 9.17) is 10.7 Å². The molecule has 3 aromatic rings. The number of thiazole rings is 1. The molecule has 6 heteroatoms. The first-order chi connectivity index (χ1) is 10.2. The quantitative estimate of drug-likeness (QED) is 0.730. The predicted molar refractivity (Wildman–Crippen MR) is 89.7 cm³/mol. The first-order valence-corrected chi connectivity index (χ1v) is 8.63. The molecule has 1 aromatic carbocycles. The second kappa shape index (κ2) is 6.17. The molecule has 0 saturated carbocycles. The summed E-state index contributed by atoms with van der Waals surface area (Å²) in [5.74, 6) is 0. The van der Waals surface area contributed by atoms with E-state index in [1.54, 1.807) is 23.1 Å². The Labute approximate surface area is 132 Å². The minimum atomic E-state index is 0.0891. The molecule has 0 radical (unpaired) electrons. The summed E-state index contributed by atoms with van der Waals surface area (Å²) in [5.41, 5.74) is 8.54. The van der Waals surface area contributed by atoms with Crippen LogP contribution in [0.5, 0.6) is 0 Å². The van der Waals surface area contributed by atoms with Crippen molar-refractivity contribution in [3.8, 4) is 0 Å². The smallest absolute Gasteiger partial charge is 0.151 e. The third-order valence-corrected chi connectivity index (χ3v) is 5.95. The van der Waals surface area contributed by atoms with E-state index < -0.39 is 0 Å². The van der Waals surface area contributed by atoms with Crippen molar-refractivity contribution in [1.29, 1.82) is 0 Å². The lowest BCUT2D eigenvalue weighted by atomic mass is 10.1. The maximum Gasteiger partial charge on any atom is 0.151 e. The second-order valence-corrected chi connectivity index (χ2v) is 7.42. The molecule has 0 spiro atoms. The molecular weight excluding hydrogens is 300 g/mol. The maximum atomic E-state index is 6.32. The fourth-order valence-corrected chi connectivity index (χ4v) is 4.68. The number of para-hydroxylation sites is 1. The van der Waals surface area contributed by atoms with Crippen molar-refractivity contribution in [2.75, 3.05) is 0 Å². The van der Waals surface area contributed by atoms with Gasteiger partial charge in [-0.3, -0.25) is 4.68 Å². The zero-order valence-electron chi connectivity index (χ0n) is 12.1. The van der Waals surface area contributed by atoms with Crippen LogP contribution in [0, 0.1) is 0 Å². The normalized spacial score (nSPS) is 14.4. The van der Waals surface area contributed by atoms with E-state index in [0.717, 1.165) is 21.8 Å². The van der Waals surface area contributed by atoms with E-state index in [-0.39, 0.29) is 11.3 Å². The molecule has 2 unspecified atom stereocenters. The van der Waals surface area contributed by atoms with Crippen LogP contribution in [0.2, 0.25) is 0 Å². The van der Waals surface area contributed by atoms with Gasteiger partial charge in [0.25, 0.3) is 0 Å². The van der Waals surface area contributed by atoms with Gasteiger partial charge in [0.15, 0.2) is 4.34 Å². The summed E-state index contributed by atoms with van der Waals surface area (Å²) >= 11 is 3.47. The van der Waals surface area contributed by atoms with Gasteiger partial charge in [-0.1, -0.05) is 30.8 Å². The zero-order chi connectivity index (χ0) is 14.8. The lowest BCUT2D eigenvalue weighted by Gasteiger charge is -2.19. The Morgan fingerprint density at radius 2 is 2.19 bits per heavy atom. The molecule has 2 atom stereocenters. The number of fused-ring (bicyclic) bond motifs is 1. The average molecular weight is 318 g/mol. The summed E-state index contributed by atoms with van der Waals surface area (Å²) in [6.45, 7) is 2.12. The number of thioether (sulfide) groups is 1. The molecule has 0 bridgehead atoms. The summed E-state index contributed by atoms with van der Waals surface area (Å²) in [6, 6.07) is 8.31. The first kappa shape index (κ1) is 14.6. The van der Waals surface area contributed by atoms with E-state index in [1.165, 1.54) is 4.70 Å². The van der Waals surface area contributed by atoms with Gasteiger partial charge in [-0.25, -0.2) is 4.98 Å². The van der Waals surface area contributed by atoms with Crippen LogP contribution in [0.3, 0.4) is 0 Å². The molecule has 0 aliphatic carbocycles. The molecule has 0 saturated heterocycles. The Morgan fingerprint density at radius 1 is 1.38 bits per heavy atom. The van der Waals surface area contributed by atoms with Crippen LogP contribution in [0.1, 0.15) is 24.2 Å². The standard InChI is InChI=1S/C15H18N4S2/c1-3-11(16)14(10-8-17-19(2)9-10)21-15-18-12-6-4-5-7-13(12)20-15/h4-9,11,14H,3,16H2,1-2H3. The molecule has 4 nitrogen and oxygen atoms in total. The number of aryl methyl sites for hydroxylation is 1. The lowest BCUT2D eigenvalue weighted by Crippen LogP contribution is -2.25. The van der Waals surface area contributed by atoms with Crippen molar-refractivity contribution >= 4 is 33.3 Å². The van der Waals surface area contributed by atoms with Crippen LogP contribution in [-0.4, -0.2) is 20.8 Å². The van der Waals surface area contributed by atoms with E-state index in [9.17, 15) is 0 Å². The molecule has 0 amide bonds. The molecule has 21 heavy (non-hydrogen) atoms. The Balaban J connectivity index is 1.90. The average Bonchev–Trinajstić information content (AvgIpc) is 3.09. The molecule has 0 fully saturated rings. The van der Waals surface area contributed by atoms with Crippen LogP contribution < -0.4 is 5.73 Å². The van der Waals surface area contributed by atoms with Gasteiger partial charge in [-0.15, -0.1) is 11.3 Å². The summed E-state index contributed by atoms with van der Waals surface area (Å²) in [4.78, 5) is 4.70. The number of nitrogens with zero attached hydrogens (tertiary/aromatic N) is 3. The molecule has 2 N–H and O–H groups in total. The second-order valence-electron chi connectivity index (χ2n) is 5.01. The van der Waals surface area contributed by atoms with Gasteiger partial charge >= 0.3 is 0 Å². The highest BCUT2D eigenvalue weighted by molar-refractivity contribution is 8.01. The number of benzene rings is 1. The highest BCUT2D eigenvalue weighted by atomic mass is 32.2. The monoisotopic (exact) mass is 318 g/mol. The largest absolute Gasteiger partial charge is 0.326 e. The van der Waals surface area contributed by atoms with Crippen LogP contribution in [-0.2, 0) is 7.05 Å². The number of rotatable bonds is 5. The predicted octanol–water partition coefficient (Wildman–Crippen LogP) is 3.60. The van der Waals surface area contributed by atoms with Gasteiger partial charge in [0.1, 0.15) is 0 Å². The number of aromatic nitrogens is 3. The van der Waals surface area contributed by atoms with Crippen molar-refractivity contribution in [2.45, 2.75) is 29.0 Å². The van der Waals surface area contributed by atoms with Crippen molar-refractivity contribution in [2.24, 2.45) is 12.8 Å². The SMILES string of the molecule is CCC(N)C(Sc1nc2ccccc2s1)c1cnn(C)c1. The van der Waals surface area contributed by atoms with Gasteiger partial charge in [0, 0.05) is 24.8 Å². The minimum Gasteiger partial charge on any atom is -0.326 e. The van der Waals surface area contributed by atoms with Gasteiger partial charge in [0.05, 0.1) is 21.7 Å². The molecule has 110 valence electrons. The molecule has 0 aliphatic rings. The maximum absolute atomic E-state index is 6.32. The van der Waals surface area contributed by atoms with Crippen molar-refractivity contribution < 1.29 is 0 Å². The van der Waals surface area contributed by atoms with E-state index in [2.05, 4.69) is 24.2 Å². The lowest BCUT2D eigenvalue weighted by molar-refractivity contribution is 0.633. The Bertz CT molecular complexity index is 701. The number of nitrogens with two attached hydrogens (primary N) is 1.